The van der Waals surface area contributed by atoms with Crippen molar-refractivity contribution in [3.63, 3.8) is 0 Å². The van der Waals surface area contributed by atoms with Crippen molar-refractivity contribution in [2.24, 2.45) is 7.05 Å². The zero-order chi connectivity index (χ0) is 24.6. The van der Waals surface area contributed by atoms with Crippen molar-refractivity contribution in [3.8, 4) is 22.6 Å². The van der Waals surface area contributed by atoms with Crippen molar-refractivity contribution in [1.29, 1.82) is 0 Å². The van der Waals surface area contributed by atoms with Crippen LogP contribution < -0.4 is 11.1 Å². The van der Waals surface area contributed by atoms with Crippen LogP contribution in [0.15, 0.2) is 67.1 Å². The number of pyridine rings is 2. The van der Waals surface area contributed by atoms with E-state index < -0.39 is 0 Å². The van der Waals surface area contributed by atoms with Gasteiger partial charge in [0.15, 0.2) is 0 Å². The summed E-state index contributed by atoms with van der Waals surface area (Å²) in [5, 5.41) is 9.18. The van der Waals surface area contributed by atoms with E-state index in [1.165, 1.54) is 18.4 Å². The van der Waals surface area contributed by atoms with Gasteiger partial charge >= 0.3 is 0 Å². The molecule has 4 aromatic heterocycles. The third-order valence-electron chi connectivity index (χ3n) is 6.71. The number of aromatic nitrogens is 6. The van der Waals surface area contributed by atoms with E-state index in [4.69, 9.17) is 15.7 Å². The molecule has 1 aliphatic rings. The van der Waals surface area contributed by atoms with E-state index in [2.05, 4.69) is 39.4 Å². The van der Waals surface area contributed by atoms with Gasteiger partial charge in [-0.1, -0.05) is 18.2 Å². The Labute approximate surface area is 209 Å². The lowest BCUT2D eigenvalue weighted by atomic mass is 10.0. The highest BCUT2D eigenvalue weighted by Crippen LogP contribution is 2.42. The Bertz CT molecular complexity index is 1550. The summed E-state index contributed by atoms with van der Waals surface area (Å²) in [6, 6.07) is 16.3. The zero-order valence-corrected chi connectivity index (χ0v) is 20.4. The number of anilines is 1. The van der Waals surface area contributed by atoms with E-state index in [0.29, 0.717) is 29.7 Å². The van der Waals surface area contributed by atoms with E-state index in [1.807, 2.05) is 55.8 Å². The molecule has 0 bridgehead atoms. The quantitative estimate of drug-likeness (QED) is 0.347. The SMILES string of the molecule is CC(NCc1nc(-c2ccc3ncccc3c2)c(-c2ccn(C)n2)nc1N)c1ncccc1C1CC1. The Morgan fingerprint density at radius 3 is 2.67 bits per heavy atom. The first-order valence-corrected chi connectivity index (χ1v) is 12.3. The number of hydrogen-bond acceptors (Lipinski definition) is 7. The fourth-order valence-corrected chi connectivity index (χ4v) is 4.64. The summed E-state index contributed by atoms with van der Waals surface area (Å²) in [7, 11) is 1.88. The molecule has 5 aromatic rings. The Hall–Kier alpha value is -4.17. The molecule has 1 aromatic carbocycles. The standard InChI is InChI=1S/C28H28N8/c1-17(25-21(18-7-8-18)6-4-13-31-25)32-16-24-28(29)34-27(23-11-14-36(2)35-23)26(33-24)20-9-10-22-19(15-20)5-3-12-30-22/h3-6,9-15,17-18,32H,7-8,16H2,1-2H3,(H2,29,34). The second kappa shape index (κ2) is 9.13. The maximum Gasteiger partial charge on any atom is 0.147 e. The van der Waals surface area contributed by atoms with Crippen LogP contribution in [0.25, 0.3) is 33.5 Å². The van der Waals surface area contributed by atoms with E-state index in [9.17, 15) is 0 Å². The molecule has 0 radical (unpaired) electrons. The van der Waals surface area contributed by atoms with Crippen LogP contribution in [0.2, 0.25) is 0 Å². The number of aryl methyl sites for hydroxylation is 1. The largest absolute Gasteiger partial charge is 0.382 e. The molecule has 36 heavy (non-hydrogen) atoms. The molecule has 3 N–H and O–H groups in total. The summed E-state index contributed by atoms with van der Waals surface area (Å²) < 4.78 is 1.75. The van der Waals surface area contributed by atoms with Crippen LogP contribution in [0, 0.1) is 0 Å². The average Bonchev–Trinajstić information content (AvgIpc) is 3.67. The Kier molecular flexibility index (Phi) is 5.65. The zero-order valence-electron chi connectivity index (χ0n) is 20.4. The van der Waals surface area contributed by atoms with E-state index >= 15 is 0 Å². The van der Waals surface area contributed by atoms with Gasteiger partial charge in [0.25, 0.3) is 0 Å². The van der Waals surface area contributed by atoms with Crippen molar-refractivity contribution in [2.45, 2.75) is 38.3 Å². The van der Waals surface area contributed by atoms with Gasteiger partial charge in [-0.05, 0) is 61.6 Å². The predicted octanol–water partition coefficient (Wildman–Crippen LogP) is 4.80. The molecule has 0 amide bonds. The molecule has 0 saturated heterocycles. The first kappa shape index (κ1) is 22.3. The molecular weight excluding hydrogens is 448 g/mol. The van der Waals surface area contributed by atoms with E-state index in [1.54, 1.807) is 10.9 Å². The van der Waals surface area contributed by atoms with Crippen molar-refractivity contribution in [3.05, 3.63) is 84.1 Å². The molecule has 1 unspecified atom stereocenters. The predicted molar refractivity (Wildman–Crippen MR) is 141 cm³/mol. The van der Waals surface area contributed by atoms with Gasteiger partial charge in [-0.25, -0.2) is 9.97 Å². The minimum absolute atomic E-state index is 0.0636. The number of nitrogen functional groups attached to an aromatic ring is 1. The Morgan fingerprint density at radius 2 is 1.86 bits per heavy atom. The van der Waals surface area contributed by atoms with Gasteiger partial charge < -0.3 is 11.1 Å². The van der Waals surface area contributed by atoms with Crippen LogP contribution in [0.4, 0.5) is 5.82 Å². The van der Waals surface area contributed by atoms with Crippen molar-refractivity contribution in [2.75, 3.05) is 5.73 Å². The van der Waals surface area contributed by atoms with Crippen molar-refractivity contribution >= 4 is 16.7 Å². The van der Waals surface area contributed by atoms with Gasteiger partial charge in [0.1, 0.15) is 17.2 Å². The topological polar surface area (TPSA) is 107 Å². The van der Waals surface area contributed by atoms with E-state index in [0.717, 1.165) is 33.5 Å². The van der Waals surface area contributed by atoms with E-state index in [-0.39, 0.29) is 6.04 Å². The third-order valence-corrected chi connectivity index (χ3v) is 6.71. The number of nitrogens with two attached hydrogens (primary N) is 1. The van der Waals surface area contributed by atoms with Gasteiger partial charge in [-0.2, -0.15) is 5.10 Å². The normalized spacial score (nSPS) is 14.3. The molecule has 1 aliphatic carbocycles. The maximum absolute atomic E-state index is 6.44. The van der Waals surface area contributed by atoms with Crippen LogP contribution >= 0.6 is 0 Å². The molecule has 1 fully saturated rings. The monoisotopic (exact) mass is 476 g/mol. The molecule has 4 heterocycles. The smallest absolute Gasteiger partial charge is 0.147 e. The molecule has 1 atom stereocenters. The lowest BCUT2D eigenvalue weighted by Crippen LogP contribution is -2.22. The molecule has 0 aliphatic heterocycles. The van der Waals surface area contributed by atoms with Crippen LogP contribution in [0.3, 0.4) is 0 Å². The molecule has 6 rings (SSSR count). The summed E-state index contributed by atoms with van der Waals surface area (Å²) in [6.07, 6.45) is 8.03. The van der Waals surface area contributed by atoms with Gasteiger partial charge in [0, 0.05) is 49.2 Å². The van der Waals surface area contributed by atoms with Gasteiger partial charge in [-0.3, -0.25) is 14.6 Å². The second-order valence-electron chi connectivity index (χ2n) is 9.39. The molecule has 180 valence electrons. The highest BCUT2D eigenvalue weighted by Gasteiger charge is 2.28. The van der Waals surface area contributed by atoms with Crippen LogP contribution in [0.1, 0.15) is 48.7 Å². The van der Waals surface area contributed by atoms with Crippen molar-refractivity contribution < 1.29 is 0 Å². The third kappa shape index (κ3) is 4.31. The van der Waals surface area contributed by atoms with Crippen LogP contribution in [0.5, 0.6) is 0 Å². The first-order valence-electron chi connectivity index (χ1n) is 12.3. The fourth-order valence-electron chi connectivity index (χ4n) is 4.64. The molecule has 0 spiro atoms. The summed E-state index contributed by atoms with van der Waals surface area (Å²) in [4.78, 5) is 18.9. The fraction of sp³-hybridized carbons (Fsp3) is 0.250. The number of hydrogen-bond donors (Lipinski definition) is 2. The highest BCUT2D eigenvalue weighted by molar-refractivity contribution is 5.87. The summed E-state index contributed by atoms with van der Waals surface area (Å²) in [6.45, 7) is 2.61. The molecular formula is C28H28N8. The number of rotatable bonds is 7. The van der Waals surface area contributed by atoms with Gasteiger partial charge in [-0.15, -0.1) is 0 Å². The number of nitrogens with one attached hydrogen (secondary N) is 1. The Balaban J connectivity index is 1.37. The second-order valence-corrected chi connectivity index (χ2v) is 9.39. The minimum atomic E-state index is 0.0636. The Morgan fingerprint density at radius 1 is 1.03 bits per heavy atom. The molecule has 8 nitrogen and oxygen atoms in total. The summed E-state index contributed by atoms with van der Waals surface area (Å²) in [5.41, 5.74) is 13.6. The van der Waals surface area contributed by atoms with Gasteiger partial charge in [0.05, 0.1) is 22.6 Å². The highest BCUT2D eigenvalue weighted by atomic mass is 15.3. The number of nitrogens with zero attached hydrogens (tertiary/aromatic N) is 6. The molecule has 8 heteroatoms. The van der Waals surface area contributed by atoms with Gasteiger partial charge in [0.2, 0.25) is 0 Å². The number of benzene rings is 1. The average molecular weight is 477 g/mol. The first-order chi connectivity index (χ1) is 17.6. The van der Waals surface area contributed by atoms with Crippen molar-refractivity contribution in [1.82, 2.24) is 35.0 Å². The van der Waals surface area contributed by atoms with Crippen LogP contribution in [-0.4, -0.2) is 29.7 Å². The molecule has 1 saturated carbocycles. The minimum Gasteiger partial charge on any atom is -0.382 e. The summed E-state index contributed by atoms with van der Waals surface area (Å²) >= 11 is 0. The number of fused-ring (bicyclic) bond motifs is 1. The maximum atomic E-state index is 6.44. The van der Waals surface area contributed by atoms with Crippen LogP contribution in [-0.2, 0) is 13.6 Å². The summed E-state index contributed by atoms with van der Waals surface area (Å²) in [5.74, 6) is 1.03. The lowest BCUT2D eigenvalue weighted by molar-refractivity contribution is 0.550. The lowest BCUT2D eigenvalue weighted by Gasteiger charge is -2.18.